The number of esters is 1. The van der Waals surface area contributed by atoms with Gasteiger partial charge in [-0.25, -0.2) is 4.79 Å². The van der Waals surface area contributed by atoms with E-state index < -0.39 is 0 Å². The van der Waals surface area contributed by atoms with Gasteiger partial charge in [0.1, 0.15) is 6.61 Å². The molecule has 2 nitrogen and oxygen atoms in total. The van der Waals surface area contributed by atoms with Crippen LogP contribution in [0.4, 0.5) is 0 Å². The molecule has 1 atom stereocenters. The predicted molar refractivity (Wildman–Crippen MR) is 52.3 cm³/mol. The van der Waals surface area contributed by atoms with Crippen molar-refractivity contribution in [2.24, 2.45) is 0 Å². The fraction of sp³-hybridized carbons (Fsp3) is 0.417. The number of carbonyl (C=O) groups is 1. The van der Waals surface area contributed by atoms with Gasteiger partial charge in [-0.3, -0.25) is 0 Å². The summed E-state index contributed by atoms with van der Waals surface area (Å²) in [6.45, 7) is 2.74. The quantitative estimate of drug-likeness (QED) is 0.584. The van der Waals surface area contributed by atoms with Gasteiger partial charge in [-0.2, -0.15) is 0 Å². The molecule has 0 bridgehead atoms. The van der Waals surface area contributed by atoms with E-state index in [1.165, 1.54) is 17.5 Å². The largest absolute Gasteiger partial charge is 0.457 e. The molecule has 1 aromatic rings. The van der Waals surface area contributed by atoms with E-state index in [0.29, 0.717) is 12.5 Å². The molecule has 1 heterocycles. The Morgan fingerprint density at radius 1 is 1.36 bits per heavy atom. The first kappa shape index (κ1) is 8.04. The third kappa shape index (κ3) is 0.884. The highest BCUT2D eigenvalue weighted by Gasteiger charge is 2.29. The number of rotatable bonds is 0. The zero-order chi connectivity index (χ0) is 9.71. The summed E-state index contributed by atoms with van der Waals surface area (Å²) >= 11 is 0. The number of hydrogen-bond acceptors (Lipinski definition) is 2. The highest BCUT2D eigenvalue weighted by molar-refractivity contribution is 5.94. The van der Waals surface area contributed by atoms with Crippen molar-refractivity contribution in [1.82, 2.24) is 0 Å². The van der Waals surface area contributed by atoms with Crippen LogP contribution in [0.5, 0.6) is 0 Å². The van der Waals surface area contributed by atoms with Crippen molar-refractivity contribution in [3.05, 3.63) is 34.4 Å². The summed E-state index contributed by atoms with van der Waals surface area (Å²) in [4.78, 5) is 11.3. The van der Waals surface area contributed by atoms with Crippen molar-refractivity contribution < 1.29 is 9.53 Å². The molecule has 0 saturated heterocycles. The zero-order valence-corrected chi connectivity index (χ0v) is 8.17. The van der Waals surface area contributed by atoms with Gasteiger partial charge in [0.2, 0.25) is 0 Å². The van der Waals surface area contributed by atoms with Crippen molar-refractivity contribution in [2.45, 2.75) is 32.3 Å². The predicted octanol–water partition coefficient (Wildman–Crippen LogP) is 2.41. The molecule has 0 fully saturated rings. The molecule has 0 radical (unpaired) electrons. The zero-order valence-electron chi connectivity index (χ0n) is 8.17. The maximum atomic E-state index is 11.3. The molecule has 1 aliphatic heterocycles. The molecular weight excluding hydrogens is 176 g/mol. The number of carbonyl (C=O) groups excluding carboxylic acids is 1. The Balaban J connectivity index is 2.23. The van der Waals surface area contributed by atoms with Gasteiger partial charge in [0.05, 0.1) is 5.56 Å². The van der Waals surface area contributed by atoms with Gasteiger partial charge in [-0.1, -0.05) is 13.0 Å². The van der Waals surface area contributed by atoms with Crippen LogP contribution in [-0.2, 0) is 17.8 Å². The normalized spacial score (nSPS) is 23.2. The number of fused-ring (bicyclic) bond motifs is 3. The van der Waals surface area contributed by atoms with Crippen LogP contribution in [0.2, 0.25) is 0 Å². The van der Waals surface area contributed by atoms with Gasteiger partial charge in [0.15, 0.2) is 0 Å². The summed E-state index contributed by atoms with van der Waals surface area (Å²) in [5.41, 5.74) is 4.73. The summed E-state index contributed by atoms with van der Waals surface area (Å²) in [6, 6.07) is 4.02. The molecule has 2 heteroatoms. The Labute approximate surface area is 82.9 Å². The first-order valence-electron chi connectivity index (χ1n) is 5.09. The van der Waals surface area contributed by atoms with E-state index in [1.807, 2.05) is 6.07 Å². The monoisotopic (exact) mass is 188 g/mol. The minimum absolute atomic E-state index is 0.151. The first-order chi connectivity index (χ1) is 6.77. The molecule has 0 spiro atoms. The van der Waals surface area contributed by atoms with E-state index in [0.717, 1.165) is 17.5 Å². The maximum Gasteiger partial charge on any atom is 0.338 e. The van der Waals surface area contributed by atoms with Crippen LogP contribution in [0.15, 0.2) is 12.1 Å². The SMILES string of the molecule is CC1CCc2c1ccc1c2COC1=O. The van der Waals surface area contributed by atoms with Crippen LogP contribution in [0.25, 0.3) is 0 Å². The molecule has 0 amide bonds. The number of hydrogen-bond donors (Lipinski definition) is 0. The standard InChI is InChI=1S/C12H12O2/c1-7-2-3-9-8(7)4-5-10-11(9)6-14-12(10)13/h4-5,7H,2-3,6H2,1H3. The lowest BCUT2D eigenvalue weighted by atomic mass is 9.97. The van der Waals surface area contributed by atoms with Crippen molar-refractivity contribution in [1.29, 1.82) is 0 Å². The van der Waals surface area contributed by atoms with Gasteiger partial charge in [0, 0.05) is 5.56 Å². The lowest BCUT2D eigenvalue weighted by molar-refractivity contribution is 0.0535. The summed E-state index contributed by atoms with van der Waals surface area (Å²) in [5.74, 6) is 0.494. The van der Waals surface area contributed by atoms with E-state index in [4.69, 9.17) is 4.74 Å². The second kappa shape index (κ2) is 2.59. The molecule has 0 N–H and O–H groups in total. The Morgan fingerprint density at radius 3 is 3.07 bits per heavy atom. The molecule has 1 aliphatic carbocycles. The number of ether oxygens (including phenoxy) is 1. The van der Waals surface area contributed by atoms with E-state index in [2.05, 4.69) is 13.0 Å². The topological polar surface area (TPSA) is 26.3 Å². The fourth-order valence-electron chi connectivity index (χ4n) is 2.56. The van der Waals surface area contributed by atoms with E-state index >= 15 is 0 Å². The molecule has 2 aliphatic rings. The molecule has 1 unspecified atom stereocenters. The third-order valence-electron chi connectivity index (χ3n) is 3.39. The minimum atomic E-state index is -0.151. The van der Waals surface area contributed by atoms with Gasteiger partial charge < -0.3 is 4.74 Å². The molecule has 72 valence electrons. The number of benzene rings is 1. The Bertz CT molecular complexity index is 421. The molecule has 3 rings (SSSR count). The van der Waals surface area contributed by atoms with Crippen molar-refractivity contribution in [3.63, 3.8) is 0 Å². The van der Waals surface area contributed by atoms with Crippen molar-refractivity contribution in [3.8, 4) is 0 Å². The second-order valence-corrected chi connectivity index (χ2v) is 4.18. The van der Waals surface area contributed by atoms with Crippen molar-refractivity contribution in [2.75, 3.05) is 0 Å². The average Bonchev–Trinajstić information content (AvgIpc) is 2.72. The maximum absolute atomic E-state index is 11.3. The first-order valence-corrected chi connectivity index (χ1v) is 5.09. The smallest absolute Gasteiger partial charge is 0.338 e. The summed E-state index contributed by atoms with van der Waals surface area (Å²) in [7, 11) is 0. The molecule has 0 aromatic heterocycles. The molecule has 0 saturated carbocycles. The van der Waals surface area contributed by atoms with Gasteiger partial charge in [0.25, 0.3) is 0 Å². The summed E-state index contributed by atoms with van der Waals surface area (Å²) in [6.07, 6.45) is 2.32. The van der Waals surface area contributed by atoms with Gasteiger partial charge in [-0.05, 0) is 36.0 Å². The van der Waals surface area contributed by atoms with Gasteiger partial charge in [-0.15, -0.1) is 0 Å². The molecular formula is C12H12O2. The van der Waals surface area contributed by atoms with Crippen LogP contribution >= 0.6 is 0 Å². The van der Waals surface area contributed by atoms with Crippen LogP contribution in [0, 0.1) is 0 Å². The van der Waals surface area contributed by atoms with E-state index in [9.17, 15) is 4.79 Å². The summed E-state index contributed by atoms with van der Waals surface area (Å²) < 4.78 is 5.04. The highest BCUT2D eigenvalue weighted by atomic mass is 16.5. The molecule has 1 aromatic carbocycles. The summed E-state index contributed by atoms with van der Waals surface area (Å²) in [5, 5.41) is 0. The molecule has 14 heavy (non-hydrogen) atoms. The van der Waals surface area contributed by atoms with Crippen LogP contribution in [0.3, 0.4) is 0 Å². The highest BCUT2D eigenvalue weighted by Crippen LogP contribution is 2.38. The third-order valence-corrected chi connectivity index (χ3v) is 3.39. The fourth-order valence-corrected chi connectivity index (χ4v) is 2.56. The van der Waals surface area contributed by atoms with Crippen LogP contribution < -0.4 is 0 Å². The lowest BCUT2D eigenvalue weighted by Crippen LogP contribution is -1.96. The van der Waals surface area contributed by atoms with E-state index in [1.54, 1.807) is 0 Å². The Morgan fingerprint density at radius 2 is 2.21 bits per heavy atom. The number of cyclic esters (lactones) is 1. The van der Waals surface area contributed by atoms with Crippen LogP contribution in [0.1, 0.15) is 46.3 Å². The van der Waals surface area contributed by atoms with Crippen LogP contribution in [-0.4, -0.2) is 5.97 Å². The second-order valence-electron chi connectivity index (χ2n) is 4.18. The minimum Gasteiger partial charge on any atom is -0.457 e. The Kier molecular flexibility index (Phi) is 1.49. The average molecular weight is 188 g/mol. The Hall–Kier alpha value is -1.31. The lowest BCUT2D eigenvalue weighted by Gasteiger charge is -2.06. The van der Waals surface area contributed by atoms with E-state index in [-0.39, 0.29) is 5.97 Å². The van der Waals surface area contributed by atoms with Gasteiger partial charge >= 0.3 is 5.97 Å². The van der Waals surface area contributed by atoms with Crippen molar-refractivity contribution >= 4 is 5.97 Å².